The lowest BCUT2D eigenvalue weighted by molar-refractivity contribution is 1.35. The quantitative estimate of drug-likeness (QED) is 0.216. The molecule has 194 valence electrons. The van der Waals surface area contributed by atoms with Crippen molar-refractivity contribution in [2.45, 2.75) is 45.7 Å². The molecule has 0 spiro atoms. The maximum absolute atomic E-state index is 2.42. The number of fused-ring (bicyclic) bond motifs is 2. The van der Waals surface area contributed by atoms with Crippen LogP contribution in [0, 0.1) is 10.4 Å². The molecular weight excluding hydrogens is 501 g/mol. The lowest BCUT2D eigenvalue weighted by Crippen LogP contribution is -2.37. The van der Waals surface area contributed by atoms with Crippen LogP contribution in [-0.4, -0.2) is 16.1 Å². The maximum atomic E-state index is 2.42. The van der Waals surface area contributed by atoms with Gasteiger partial charge in [-0.15, -0.1) is 0 Å². The van der Waals surface area contributed by atoms with Crippen LogP contribution >= 0.6 is 0 Å². The third-order valence-electron chi connectivity index (χ3n) is 8.24. The number of benzene rings is 4. The van der Waals surface area contributed by atoms with Crippen molar-refractivity contribution in [2.24, 2.45) is 0 Å². The zero-order valence-corrected chi connectivity index (χ0v) is 26.1. The zero-order chi connectivity index (χ0) is 27.4. The van der Waals surface area contributed by atoms with Crippen LogP contribution in [0.15, 0.2) is 103 Å². The van der Waals surface area contributed by atoms with Crippen LogP contribution in [0.2, 0.25) is 39.3 Å². The molecule has 0 atom stereocenters. The third kappa shape index (κ3) is 4.77. The fraction of sp³-hybridized carbons (Fsp3) is 0.189. The van der Waals surface area contributed by atoms with Crippen LogP contribution in [0.25, 0.3) is 17.2 Å². The van der Waals surface area contributed by atoms with Crippen LogP contribution in [0.5, 0.6) is 0 Å². The van der Waals surface area contributed by atoms with E-state index in [1.807, 2.05) is 0 Å². The summed E-state index contributed by atoms with van der Waals surface area (Å²) in [5.74, 6) is 0. The van der Waals surface area contributed by atoms with E-state index in [1.54, 1.807) is 0 Å². The van der Waals surface area contributed by atoms with Crippen molar-refractivity contribution in [3.8, 4) is 0 Å². The van der Waals surface area contributed by atoms with Crippen molar-refractivity contribution in [1.82, 2.24) is 0 Å². The van der Waals surface area contributed by atoms with E-state index in [1.165, 1.54) is 64.6 Å². The molecule has 4 aromatic carbocycles. The van der Waals surface area contributed by atoms with Gasteiger partial charge in [0, 0.05) is 0 Å². The Morgan fingerprint density at radius 3 is 1.74 bits per heavy atom. The van der Waals surface area contributed by atoms with Crippen molar-refractivity contribution in [3.05, 3.63) is 146 Å². The van der Waals surface area contributed by atoms with Crippen LogP contribution in [-0.2, 0) is 0 Å². The predicted octanol–water partition coefficient (Wildman–Crippen LogP) is 6.80. The van der Waals surface area contributed by atoms with Gasteiger partial charge in [0.25, 0.3) is 0 Å². The summed E-state index contributed by atoms with van der Waals surface area (Å²) in [6.45, 7) is 14.5. The Labute approximate surface area is 235 Å². The molecule has 0 N–H and O–H groups in total. The highest BCUT2D eigenvalue weighted by molar-refractivity contribution is 6.89. The highest BCUT2D eigenvalue weighted by Crippen LogP contribution is 2.29. The largest absolute Gasteiger partial charge is 0.0801 e. The number of allylic oxidation sites excluding steroid dienone is 4. The van der Waals surface area contributed by atoms with Gasteiger partial charge in [-0.1, -0.05) is 153 Å². The Morgan fingerprint density at radius 1 is 0.615 bits per heavy atom. The molecule has 39 heavy (non-hydrogen) atoms. The molecule has 0 bridgehead atoms. The zero-order valence-electron chi connectivity index (χ0n) is 24.1. The Bertz CT molecular complexity index is 1800. The molecule has 2 aliphatic rings. The summed E-state index contributed by atoms with van der Waals surface area (Å²) in [6.07, 6.45) is 10.2. The van der Waals surface area contributed by atoms with Crippen molar-refractivity contribution >= 4 is 43.7 Å². The van der Waals surface area contributed by atoms with E-state index in [-0.39, 0.29) is 0 Å². The van der Waals surface area contributed by atoms with E-state index in [0.717, 1.165) is 6.42 Å². The molecular formula is C37H38Si2. The van der Waals surface area contributed by atoms with E-state index in [9.17, 15) is 0 Å². The van der Waals surface area contributed by atoms with Crippen molar-refractivity contribution in [3.63, 3.8) is 0 Å². The van der Waals surface area contributed by atoms with E-state index >= 15 is 0 Å². The first kappa shape index (κ1) is 25.8. The standard InChI is InChI=1S/C37H38Si2/c1-38(2,3)30-19-15-27(16-20-30)36(28-17-21-31(22-18-28)39(4,5)6)34-24-23-33-32-14-10-9-13-29(32)25-35(33)37(34)26-11-7-8-12-26/h7-11,13-25H,12H2,1-6H3. The van der Waals surface area contributed by atoms with Gasteiger partial charge >= 0.3 is 0 Å². The molecule has 0 saturated heterocycles. The molecule has 2 heteroatoms. The molecule has 0 aliphatic heterocycles. The van der Waals surface area contributed by atoms with E-state index in [2.05, 4.69) is 149 Å². The SMILES string of the molecule is C[Si](C)(C)c1ccc(C(c2ccc([Si](C)(C)C)cc2)=c2ccc3c(c2C2=CC=CC2)C=c2ccccc2=3)cc1. The van der Waals surface area contributed by atoms with Crippen molar-refractivity contribution < 1.29 is 0 Å². The monoisotopic (exact) mass is 538 g/mol. The summed E-state index contributed by atoms with van der Waals surface area (Å²) in [5, 5.41) is 8.33. The molecule has 6 rings (SSSR count). The number of rotatable bonds is 5. The van der Waals surface area contributed by atoms with Gasteiger partial charge in [-0.3, -0.25) is 0 Å². The molecule has 0 aromatic heterocycles. The molecule has 0 radical (unpaired) electrons. The normalized spacial score (nSPS) is 14.1. The molecule has 0 fully saturated rings. The first-order valence-electron chi connectivity index (χ1n) is 14.2. The molecule has 0 saturated carbocycles. The fourth-order valence-corrected chi connectivity index (χ4v) is 8.30. The van der Waals surface area contributed by atoms with E-state index in [0.29, 0.717) is 0 Å². The van der Waals surface area contributed by atoms with Crippen LogP contribution in [0.3, 0.4) is 0 Å². The molecule has 0 heterocycles. The topological polar surface area (TPSA) is 0 Å². The first-order valence-corrected chi connectivity index (χ1v) is 21.2. The molecule has 0 nitrogen and oxygen atoms in total. The van der Waals surface area contributed by atoms with Gasteiger partial charge < -0.3 is 0 Å². The second kappa shape index (κ2) is 9.62. The molecule has 2 aliphatic carbocycles. The third-order valence-corrected chi connectivity index (χ3v) is 12.4. The Balaban J connectivity index is 1.71. The average molecular weight is 539 g/mol. The van der Waals surface area contributed by atoms with Crippen LogP contribution in [0.1, 0.15) is 28.7 Å². The highest BCUT2D eigenvalue weighted by atomic mass is 28.3. The smallest absolute Gasteiger partial charge is 0.0775 e. The van der Waals surface area contributed by atoms with Gasteiger partial charge in [-0.25, -0.2) is 0 Å². The Hall–Kier alpha value is -3.47. The summed E-state index contributed by atoms with van der Waals surface area (Å²) in [6, 6.07) is 32.5. The first-order chi connectivity index (χ1) is 18.6. The van der Waals surface area contributed by atoms with Crippen molar-refractivity contribution in [1.29, 1.82) is 0 Å². The summed E-state index contributed by atoms with van der Waals surface area (Å²) >= 11 is 0. The van der Waals surface area contributed by atoms with Gasteiger partial charge in [0.15, 0.2) is 0 Å². The minimum Gasteiger partial charge on any atom is -0.0801 e. The van der Waals surface area contributed by atoms with Gasteiger partial charge in [0.2, 0.25) is 0 Å². The Kier molecular flexibility index (Phi) is 6.36. The summed E-state index contributed by atoms with van der Waals surface area (Å²) < 4.78 is 0. The lowest BCUT2D eigenvalue weighted by Gasteiger charge is -2.20. The molecule has 0 unspecified atom stereocenters. The van der Waals surface area contributed by atoms with Crippen LogP contribution in [0.4, 0.5) is 0 Å². The second-order valence-corrected chi connectivity index (χ2v) is 23.2. The average Bonchev–Trinajstić information content (AvgIpc) is 3.56. The fourth-order valence-electron chi connectivity index (χ4n) is 5.97. The Morgan fingerprint density at radius 2 is 1.21 bits per heavy atom. The minimum absolute atomic E-state index is 0.976. The number of hydrogen-bond donors (Lipinski definition) is 0. The second-order valence-electron chi connectivity index (χ2n) is 13.0. The number of hydrogen-bond acceptors (Lipinski definition) is 0. The lowest BCUT2D eigenvalue weighted by atomic mass is 9.88. The summed E-state index contributed by atoms with van der Waals surface area (Å²) in [7, 11) is -2.77. The minimum atomic E-state index is -1.39. The molecule has 0 amide bonds. The van der Waals surface area contributed by atoms with E-state index in [4.69, 9.17) is 0 Å². The van der Waals surface area contributed by atoms with Crippen molar-refractivity contribution in [2.75, 3.05) is 0 Å². The van der Waals surface area contributed by atoms with Gasteiger partial charge in [-0.05, 0) is 66.8 Å². The maximum Gasteiger partial charge on any atom is 0.0775 e. The van der Waals surface area contributed by atoms with Gasteiger partial charge in [-0.2, -0.15) is 0 Å². The van der Waals surface area contributed by atoms with E-state index < -0.39 is 16.1 Å². The molecule has 4 aromatic rings. The summed E-state index contributed by atoms with van der Waals surface area (Å²) in [4.78, 5) is 0. The summed E-state index contributed by atoms with van der Waals surface area (Å²) in [5.41, 5.74) is 8.06. The predicted molar refractivity (Wildman–Crippen MR) is 176 cm³/mol. The van der Waals surface area contributed by atoms with Gasteiger partial charge in [0.1, 0.15) is 0 Å². The van der Waals surface area contributed by atoms with Crippen LogP contribution < -0.4 is 20.8 Å². The van der Waals surface area contributed by atoms with Gasteiger partial charge in [0.05, 0.1) is 16.1 Å². The highest BCUT2D eigenvalue weighted by Gasteiger charge is 2.21.